The van der Waals surface area contributed by atoms with E-state index in [9.17, 15) is 4.79 Å². The van der Waals surface area contributed by atoms with Crippen molar-refractivity contribution in [3.63, 3.8) is 0 Å². The monoisotopic (exact) mass is 293 g/mol. The number of halogens is 1. The van der Waals surface area contributed by atoms with Crippen molar-refractivity contribution in [3.8, 4) is 5.69 Å². The maximum Gasteiger partial charge on any atom is 0.224 e. The molecule has 2 aromatic rings. The van der Waals surface area contributed by atoms with Crippen LogP contribution in [0.3, 0.4) is 0 Å². The van der Waals surface area contributed by atoms with E-state index in [1.165, 1.54) is 17.3 Å². The Balaban J connectivity index is 2.24. The lowest BCUT2D eigenvalue weighted by molar-refractivity contribution is -0.116. The fourth-order valence-electron chi connectivity index (χ4n) is 1.77. The zero-order valence-electron chi connectivity index (χ0n) is 11.1. The summed E-state index contributed by atoms with van der Waals surface area (Å²) in [4.78, 5) is 15.8. The number of nitrogens with zero attached hydrogens (tertiary/aromatic N) is 3. The van der Waals surface area contributed by atoms with Gasteiger partial charge in [-0.1, -0.05) is 24.6 Å². The van der Waals surface area contributed by atoms with Gasteiger partial charge in [0, 0.05) is 6.42 Å². The van der Waals surface area contributed by atoms with Gasteiger partial charge in [0.25, 0.3) is 0 Å². The predicted octanol–water partition coefficient (Wildman–Crippen LogP) is 1.84. The number of nitrogens with one attached hydrogen (secondary N) is 1. The van der Waals surface area contributed by atoms with Crippen LogP contribution in [0.1, 0.15) is 13.3 Å². The molecule has 3 N–H and O–H groups in total. The molecule has 0 aliphatic carbocycles. The number of hydrogen-bond donors (Lipinski definition) is 2. The molecule has 1 amide bonds. The van der Waals surface area contributed by atoms with Crippen LogP contribution < -0.4 is 11.1 Å². The van der Waals surface area contributed by atoms with Crippen molar-refractivity contribution >= 4 is 23.2 Å². The van der Waals surface area contributed by atoms with E-state index >= 15 is 0 Å². The second-order valence-corrected chi connectivity index (χ2v) is 4.98. The molecular formula is C13H16ClN5O. The SMILES string of the molecule is CC(CN)CC(=O)Nc1cccc(Cl)c1-n1cncn1. The maximum atomic E-state index is 12.0. The maximum absolute atomic E-state index is 12.0. The molecule has 1 atom stereocenters. The molecule has 0 aliphatic rings. The molecule has 20 heavy (non-hydrogen) atoms. The Hall–Kier alpha value is -1.92. The lowest BCUT2D eigenvalue weighted by Gasteiger charge is -2.13. The standard InChI is InChI=1S/C13H16ClN5O/c1-9(6-15)5-12(20)18-11-4-2-3-10(14)13(11)19-8-16-7-17-19/h2-4,7-9H,5-6,15H2,1H3,(H,18,20). The van der Waals surface area contributed by atoms with E-state index in [2.05, 4.69) is 15.4 Å². The summed E-state index contributed by atoms with van der Waals surface area (Å²) in [6.07, 6.45) is 3.30. The molecule has 0 saturated carbocycles. The number of anilines is 1. The largest absolute Gasteiger partial charge is 0.330 e. The summed E-state index contributed by atoms with van der Waals surface area (Å²) in [5, 5.41) is 7.37. The number of carbonyl (C=O) groups excluding carboxylic acids is 1. The third kappa shape index (κ3) is 3.34. The highest BCUT2D eigenvalue weighted by Crippen LogP contribution is 2.27. The third-order valence-corrected chi connectivity index (χ3v) is 3.15. The van der Waals surface area contributed by atoms with E-state index in [0.29, 0.717) is 29.4 Å². The van der Waals surface area contributed by atoms with Gasteiger partial charge >= 0.3 is 0 Å². The van der Waals surface area contributed by atoms with Crippen LogP contribution >= 0.6 is 11.6 Å². The Morgan fingerprint density at radius 1 is 1.55 bits per heavy atom. The van der Waals surface area contributed by atoms with E-state index < -0.39 is 0 Å². The Kier molecular flexibility index (Phi) is 4.70. The van der Waals surface area contributed by atoms with Crippen LogP contribution in [0.25, 0.3) is 5.69 Å². The van der Waals surface area contributed by atoms with Crippen molar-refractivity contribution in [2.45, 2.75) is 13.3 Å². The highest BCUT2D eigenvalue weighted by molar-refractivity contribution is 6.33. The first-order valence-corrected chi connectivity index (χ1v) is 6.63. The van der Waals surface area contributed by atoms with E-state index in [4.69, 9.17) is 17.3 Å². The van der Waals surface area contributed by atoms with Gasteiger partial charge in [0.15, 0.2) is 0 Å². The van der Waals surface area contributed by atoms with E-state index in [0.717, 1.165) is 0 Å². The second-order valence-electron chi connectivity index (χ2n) is 4.57. The van der Waals surface area contributed by atoms with Gasteiger partial charge in [-0.2, -0.15) is 5.10 Å². The highest BCUT2D eigenvalue weighted by atomic mass is 35.5. The summed E-state index contributed by atoms with van der Waals surface area (Å²) in [6, 6.07) is 5.27. The van der Waals surface area contributed by atoms with Crippen LogP contribution in [-0.2, 0) is 4.79 Å². The van der Waals surface area contributed by atoms with Crippen LogP contribution in [0, 0.1) is 5.92 Å². The molecule has 1 unspecified atom stereocenters. The molecule has 0 aliphatic heterocycles. The van der Waals surface area contributed by atoms with E-state index in [1.807, 2.05) is 6.92 Å². The average molecular weight is 294 g/mol. The molecule has 2 rings (SSSR count). The summed E-state index contributed by atoms with van der Waals surface area (Å²) in [5.41, 5.74) is 6.71. The highest BCUT2D eigenvalue weighted by Gasteiger charge is 2.14. The van der Waals surface area contributed by atoms with Crippen molar-refractivity contribution in [1.82, 2.24) is 14.8 Å². The molecule has 1 aromatic carbocycles. The molecule has 0 fully saturated rings. The molecular weight excluding hydrogens is 278 g/mol. The average Bonchev–Trinajstić information content (AvgIpc) is 2.92. The van der Waals surface area contributed by atoms with Crippen molar-refractivity contribution in [2.24, 2.45) is 11.7 Å². The third-order valence-electron chi connectivity index (χ3n) is 2.84. The summed E-state index contributed by atoms with van der Waals surface area (Å²) in [6.45, 7) is 2.40. The molecule has 6 nitrogen and oxygen atoms in total. The van der Waals surface area contributed by atoms with Crippen molar-refractivity contribution in [3.05, 3.63) is 35.9 Å². The number of carbonyl (C=O) groups is 1. The summed E-state index contributed by atoms with van der Waals surface area (Å²) in [5.74, 6) is 0.0237. The van der Waals surface area contributed by atoms with Gasteiger partial charge in [-0.3, -0.25) is 4.79 Å². The summed E-state index contributed by atoms with van der Waals surface area (Å²) in [7, 11) is 0. The van der Waals surface area contributed by atoms with Crippen molar-refractivity contribution < 1.29 is 4.79 Å². The molecule has 1 aromatic heterocycles. The number of para-hydroxylation sites is 1. The quantitative estimate of drug-likeness (QED) is 0.881. The Bertz CT molecular complexity index is 584. The molecule has 7 heteroatoms. The summed E-state index contributed by atoms with van der Waals surface area (Å²) < 4.78 is 1.52. The molecule has 106 valence electrons. The summed E-state index contributed by atoms with van der Waals surface area (Å²) >= 11 is 6.18. The number of aromatic nitrogens is 3. The molecule has 0 saturated heterocycles. The van der Waals surface area contributed by atoms with Gasteiger partial charge in [0.05, 0.1) is 10.7 Å². The van der Waals surface area contributed by atoms with Gasteiger partial charge in [-0.25, -0.2) is 9.67 Å². The lowest BCUT2D eigenvalue weighted by Crippen LogP contribution is -2.20. The number of benzene rings is 1. The lowest BCUT2D eigenvalue weighted by atomic mass is 10.1. The van der Waals surface area contributed by atoms with Crippen LogP contribution in [0.15, 0.2) is 30.9 Å². The van der Waals surface area contributed by atoms with E-state index in [-0.39, 0.29) is 11.8 Å². The van der Waals surface area contributed by atoms with E-state index in [1.54, 1.807) is 18.2 Å². The van der Waals surface area contributed by atoms with Crippen LogP contribution in [-0.4, -0.2) is 27.2 Å². The zero-order chi connectivity index (χ0) is 14.5. The van der Waals surface area contributed by atoms with Crippen LogP contribution in [0.4, 0.5) is 5.69 Å². The molecule has 1 heterocycles. The first-order chi connectivity index (χ1) is 9.61. The fourth-order valence-corrected chi connectivity index (χ4v) is 2.03. The first kappa shape index (κ1) is 14.5. The Morgan fingerprint density at radius 3 is 3.00 bits per heavy atom. The van der Waals surface area contributed by atoms with Gasteiger partial charge in [0.1, 0.15) is 18.3 Å². The Morgan fingerprint density at radius 2 is 2.35 bits per heavy atom. The molecule has 0 bridgehead atoms. The minimum absolute atomic E-state index is 0.105. The number of amides is 1. The topological polar surface area (TPSA) is 85.8 Å². The normalized spacial score (nSPS) is 12.2. The number of hydrogen-bond acceptors (Lipinski definition) is 4. The Labute approximate surface area is 121 Å². The fraction of sp³-hybridized carbons (Fsp3) is 0.308. The number of nitrogens with two attached hydrogens (primary N) is 1. The minimum Gasteiger partial charge on any atom is -0.330 e. The van der Waals surface area contributed by atoms with Crippen molar-refractivity contribution in [1.29, 1.82) is 0 Å². The van der Waals surface area contributed by atoms with Crippen LogP contribution in [0.5, 0.6) is 0 Å². The van der Waals surface area contributed by atoms with Crippen molar-refractivity contribution in [2.75, 3.05) is 11.9 Å². The van der Waals surface area contributed by atoms with Gasteiger partial charge in [0.2, 0.25) is 5.91 Å². The molecule has 0 radical (unpaired) electrons. The zero-order valence-corrected chi connectivity index (χ0v) is 11.8. The molecule has 0 spiro atoms. The van der Waals surface area contributed by atoms with Gasteiger partial charge in [-0.15, -0.1) is 0 Å². The predicted molar refractivity (Wildman–Crippen MR) is 77.8 cm³/mol. The minimum atomic E-state index is -0.105. The first-order valence-electron chi connectivity index (χ1n) is 6.25. The van der Waals surface area contributed by atoms with Crippen LogP contribution in [0.2, 0.25) is 5.02 Å². The number of rotatable bonds is 5. The van der Waals surface area contributed by atoms with Gasteiger partial charge < -0.3 is 11.1 Å². The smallest absolute Gasteiger partial charge is 0.224 e. The van der Waals surface area contributed by atoms with Gasteiger partial charge in [-0.05, 0) is 24.6 Å². The second kappa shape index (κ2) is 6.49.